The molecule has 0 saturated heterocycles. The van der Waals surface area contributed by atoms with E-state index in [-0.39, 0.29) is 12.6 Å². The second-order valence-electron chi connectivity index (χ2n) is 6.72. The van der Waals surface area contributed by atoms with Gasteiger partial charge >= 0.3 is 89.0 Å². The zero-order chi connectivity index (χ0) is 21.1. The third-order valence-corrected chi connectivity index (χ3v) is 8.03. The monoisotopic (exact) mass is 495 g/mol. The predicted octanol–water partition coefficient (Wildman–Crippen LogP) is 0.500. The first-order valence-electron chi connectivity index (χ1n) is 9.45. The summed E-state index contributed by atoms with van der Waals surface area (Å²) in [6, 6.07) is 30.1. The Balaban J connectivity index is 0.000000211. The van der Waals surface area contributed by atoms with Gasteiger partial charge in [-0.15, -0.1) is 0 Å². The molecule has 0 bridgehead atoms. The van der Waals surface area contributed by atoms with Crippen LogP contribution in [0.1, 0.15) is 18.6 Å². The summed E-state index contributed by atoms with van der Waals surface area (Å²) in [5.41, 5.74) is 0.667. The van der Waals surface area contributed by atoms with E-state index in [9.17, 15) is 15.0 Å². The first kappa shape index (κ1) is 23.1. The van der Waals surface area contributed by atoms with E-state index in [0.717, 1.165) is 0 Å². The van der Waals surface area contributed by atoms with Gasteiger partial charge in [0, 0.05) is 6.54 Å². The van der Waals surface area contributed by atoms with Crippen LogP contribution in [0.4, 0.5) is 0 Å². The van der Waals surface area contributed by atoms with Crippen LogP contribution in [-0.4, -0.2) is 51.6 Å². The van der Waals surface area contributed by atoms with Gasteiger partial charge in [-0.05, 0) is 13.1 Å². The van der Waals surface area contributed by atoms with Crippen LogP contribution in [0, 0.1) is 0 Å². The van der Waals surface area contributed by atoms with Crippen molar-refractivity contribution in [3.05, 3.63) is 96.6 Å². The quantitative estimate of drug-likeness (QED) is 0.449. The number of aliphatic carboxylic acids is 1. The Bertz CT molecular complexity index is 806. The van der Waals surface area contributed by atoms with Crippen molar-refractivity contribution in [3.8, 4) is 0 Å². The molecule has 3 aromatic carbocycles. The maximum atomic E-state index is 12.0. The molecule has 0 aliphatic rings. The molecule has 0 aliphatic carbocycles. The van der Waals surface area contributed by atoms with E-state index >= 15 is 0 Å². The molecule has 29 heavy (non-hydrogen) atoms. The molecule has 0 aromatic heterocycles. The predicted molar refractivity (Wildman–Crippen MR) is 114 cm³/mol. The van der Waals surface area contributed by atoms with Gasteiger partial charge in [0.2, 0.25) is 0 Å². The Morgan fingerprint density at radius 2 is 1.28 bits per heavy atom. The second-order valence-corrected chi connectivity index (χ2v) is 10.7. The molecular weight excluding hydrogens is 469 g/mol. The van der Waals surface area contributed by atoms with Crippen molar-refractivity contribution in [2.45, 2.75) is 19.1 Å². The third-order valence-electron chi connectivity index (χ3n) is 4.48. The van der Waals surface area contributed by atoms with Crippen LogP contribution in [0.3, 0.4) is 0 Å². The van der Waals surface area contributed by atoms with Crippen LogP contribution in [-0.2, 0) is 4.79 Å². The Kier molecular flexibility index (Phi) is 9.91. The second kappa shape index (κ2) is 12.4. The number of hydrogen-bond donors (Lipinski definition) is 0. The molecule has 2 atom stereocenters. The van der Waals surface area contributed by atoms with Gasteiger partial charge in [0.05, 0.1) is 5.97 Å². The fourth-order valence-electron chi connectivity index (χ4n) is 2.71. The zero-order valence-corrected chi connectivity index (χ0v) is 19.5. The molecule has 3 rings (SSSR count). The van der Waals surface area contributed by atoms with Gasteiger partial charge in [-0.1, -0.05) is 48.9 Å². The van der Waals surface area contributed by atoms with Crippen molar-refractivity contribution in [2.24, 2.45) is 0 Å². The van der Waals surface area contributed by atoms with E-state index < -0.39 is 33.2 Å². The standard InChI is InChI=1S/C12H16NO3.2C6H5.Sn/c1-9(13(2)8-11(14)15)12(16)10-6-4-3-5-7-10;2*1-2-4-6-5-3-1;/h3-7,9,12H,8H2,1-2H3,(H,14,15);2*1-5H;/q-1;;;+2/p-1/t9?,12-;;;/m0.../s1. The zero-order valence-electron chi connectivity index (χ0n) is 16.7. The van der Waals surface area contributed by atoms with Crippen LogP contribution in [0.5, 0.6) is 0 Å². The van der Waals surface area contributed by atoms with Crippen LogP contribution in [0.15, 0.2) is 91.0 Å². The number of carboxylic acid groups (broad SMARTS) is 1. The molecule has 4 nitrogen and oxygen atoms in total. The van der Waals surface area contributed by atoms with Crippen LogP contribution < -0.4 is 17.4 Å². The average molecular weight is 494 g/mol. The van der Waals surface area contributed by atoms with Crippen LogP contribution in [0.2, 0.25) is 0 Å². The summed E-state index contributed by atoms with van der Waals surface area (Å²) in [7, 11) is 1.61. The molecule has 0 saturated carbocycles. The fraction of sp³-hybridized carbons (Fsp3) is 0.208. The summed E-state index contributed by atoms with van der Waals surface area (Å²) < 4.78 is 3.08. The first-order valence-corrected chi connectivity index (χ1v) is 12.3. The number of benzene rings is 3. The van der Waals surface area contributed by atoms with Gasteiger partial charge in [0.1, 0.15) is 0 Å². The number of carbonyl (C=O) groups excluding carboxylic acids is 1. The topological polar surface area (TPSA) is 66.4 Å². The molecular formula is C24H25NO3Sn. The van der Waals surface area contributed by atoms with Gasteiger partial charge in [-0.2, -0.15) is 0 Å². The molecule has 1 unspecified atom stereocenters. The number of likely N-dealkylation sites (N-methyl/N-ethyl adjacent to an activating group) is 1. The summed E-state index contributed by atoms with van der Waals surface area (Å²) in [6.07, 6.45) is -0.953. The first-order chi connectivity index (χ1) is 14.0. The van der Waals surface area contributed by atoms with Crippen molar-refractivity contribution in [2.75, 3.05) is 13.6 Å². The molecule has 0 amide bonds. The number of rotatable bonds is 7. The van der Waals surface area contributed by atoms with Crippen molar-refractivity contribution >= 4 is 34.3 Å². The number of nitrogens with zero attached hydrogens (tertiary/aromatic N) is 1. The molecule has 5 heteroatoms. The number of carboxylic acids is 1. The molecule has 0 N–H and O–H groups in total. The Hall–Kier alpha value is -2.15. The molecule has 0 heterocycles. The molecule has 0 radical (unpaired) electrons. The van der Waals surface area contributed by atoms with Gasteiger partial charge in [-0.25, -0.2) is 0 Å². The Morgan fingerprint density at radius 3 is 1.69 bits per heavy atom. The van der Waals surface area contributed by atoms with Crippen molar-refractivity contribution in [3.63, 3.8) is 0 Å². The van der Waals surface area contributed by atoms with E-state index in [2.05, 4.69) is 60.7 Å². The average Bonchev–Trinajstić information content (AvgIpc) is 2.75. The fourth-order valence-corrected chi connectivity index (χ4v) is 5.71. The molecule has 0 aliphatic heterocycles. The minimum atomic E-state index is -1.17. The maximum absolute atomic E-state index is 12.0. The summed E-state index contributed by atoms with van der Waals surface area (Å²) in [4.78, 5) is 11.9. The minimum absolute atomic E-state index is 0.229. The van der Waals surface area contributed by atoms with E-state index in [1.54, 1.807) is 38.2 Å². The molecule has 0 spiro atoms. The van der Waals surface area contributed by atoms with Crippen molar-refractivity contribution in [1.29, 1.82) is 0 Å². The van der Waals surface area contributed by atoms with E-state index in [1.165, 1.54) is 12.1 Å². The molecule has 3 aromatic rings. The van der Waals surface area contributed by atoms with Crippen molar-refractivity contribution < 1.29 is 15.0 Å². The van der Waals surface area contributed by atoms with Gasteiger partial charge in [-0.3, -0.25) is 4.90 Å². The van der Waals surface area contributed by atoms with E-state index in [0.29, 0.717) is 5.56 Å². The summed E-state index contributed by atoms with van der Waals surface area (Å²) >= 11 is -0.517. The molecule has 0 fully saturated rings. The van der Waals surface area contributed by atoms with Crippen LogP contribution >= 0.6 is 0 Å². The van der Waals surface area contributed by atoms with E-state index in [4.69, 9.17) is 0 Å². The summed E-state index contributed by atoms with van der Waals surface area (Å²) in [5.74, 6) is -1.17. The number of carbonyl (C=O) groups is 1. The Morgan fingerprint density at radius 1 is 0.862 bits per heavy atom. The van der Waals surface area contributed by atoms with Gasteiger partial charge in [0.15, 0.2) is 0 Å². The molecule has 148 valence electrons. The van der Waals surface area contributed by atoms with E-state index in [1.807, 2.05) is 6.07 Å². The van der Waals surface area contributed by atoms with Gasteiger partial charge in [0.25, 0.3) is 0 Å². The normalized spacial score (nSPS) is 12.3. The van der Waals surface area contributed by atoms with Crippen molar-refractivity contribution in [1.82, 2.24) is 4.90 Å². The Labute approximate surface area is 183 Å². The summed E-state index contributed by atoms with van der Waals surface area (Å²) in [5, 5.41) is 22.4. The van der Waals surface area contributed by atoms with Gasteiger partial charge < -0.3 is 15.0 Å². The number of hydrogen-bond acceptors (Lipinski definition) is 4. The third kappa shape index (κ3) is 8.39. The summed E-state index contributed by atoms with van der Waals surface area (Å²) in [6.45, 7) is 1.49. The van der Waals surface area contributed by atoms with Crippen LogP contribution in [0.25, 0.3) is 0 Å². The SMILES string of the molecule is CC([C@H]([O-])c1ccccc1)N(C)CC(=O)[O-].c1cc[c]([Sn+2][c]2ccccc2)cc1.